The zero-order valence-electron chi connectivity index (χ0n) is 21.2. The van der Waals surface area contributed by atoms with E-state index in [0.717, 1.165) is 16.7 Å². The first-order valence-corrected chi connectivity index (χ1v) is 12.3. The molecule has 0 atom stereocenters. The molecular formula is C28H33N7O4. The lowest BCUT2D eigenvalue weighted by atomic mass is 10.0. The average Bonchev–Trinajstić information content (AvgIpc) is 3.30. The van der Waals surface area contributed by atoms with Crippen LogP contribution in [0.15, 0.2) is 53.6 Å². The molecule has 0 radical (unpaired) electrons. The van der Waals surface area contributed by atoms with Crippen molar-refractivity contribution in [1.29, 1.82) is 0 Å². The molecule has 1 aliphatic heterocycles. The second kappa shape index (κ2) is 11.1. The second-order valence-corrected chi connectivity index (χ2v) is 9.70. The number of pyridine rings is 2. The van der Waals surface area contributed by atoms with Crippen LogP contribution in [-0.4, -0.2) is 60.8 Å². The Balaban J connectivity index is 0.00000353. The van der Waals surface area contributed by atoms with Gasteiger partial charge in [-0.05, 0) is 24.6 Å². The predicted octanol–water partition coefficient (Wildman–Crippen LogP) is 1.70. The number of hydrogen-bond donors (Lipinski definition) is 3. The number of nitrogens with two attached hydrogens (primary N) is 1. The minimum absolute atomic E-state index is 0. The number of nitrogen functional groups attached to an aromatic ring is 1. The lowest BCUT2D eigenvalue weighted by molar-refractivity contribution is -0.139. The summed E-state index contributed by atoms with van der Waals surface area (Å²) in [5.74, 6) is -0.649. The highest BCUT2D eigenvalue weighted by Gasteiger charge is 2.31. The van der Waals surface area contributed by atoms with Gasteiger partial charge in [-0.1, -0.05) is 37.3 Å². The Morgan fingerprint density at radius 3 is 2.54 bits per heavy atom. The number of hydrogen-bond acceptors (Lipinski definition) is 7. The van der Waals surface area contributed by atoms with E-state index in [1.165, 1.54) is 10.6 Å². The average molecular weight is 532 g/mol. The van der Waals surface area contributed by atoms with Gasteiger partial charge in [-0.25, -0.2) is 4.98 Å². The van der Waals surface area contributed by atoms with E-state index in [4.69, 9.17) is 5.73 Å². The molecule has 2 amide bonds. The van der Waals surface area contributed by atoms with Crippen LogP contribution in [0.4, 0.5) is 5.82 Å². The predicted molar refractivity (Wildman–Crippen MR) is 149 cm³/mol. The first kappa shape index (κ1) is 27.5. The largest absolute Gasteiger partial charge is 0.396 e. The van der Waals surface area contributed by atoms with Gasteiger partial charge in [-0.2, -0.15) is 5.10 Å². The highest BCUT2D eigenvalue weighted by molar-refractivity contribution is 5.98. The van der Waals surface area contributed by atoms with Crippen LogP contribution < -0.4 is 16.6 Å². The van der Waals surface area contributed by atoms with Gasteiger partial charge >= 0.3 is 0 Å². The number of fused-ring (bicyclic) bond motifs is 1. The van der Waals surface area contributed by atoms with E-state index in [9.17, 15) is 19.5 Å². The molecular weight excluding hydrogens is 498 g/mol. The molecule has 4 N–H and O–H groups in total. The number of carbonyl (C=O) groups is 2. The zero-order chi connectivity index (χ0) is 27.0. The van der Waals surface area contributed by atoms with Crippen LogP contribution in [-0.2, 0) is 24.9 Å². The third-order valence-corrected chi connectivity index (χ3v) is 6.79. The van der Waals surface area contributed by atoms with E-state index >= 15 is 0 Å². The Kier molecular flexibility index (Phi) is 7.82. The van der Waals surface area contributed by atoms with Gasteiger partial charge in [-0.3, -0.25) is 23.6 Å². The van der Waals surface area contributed by atoms with Gasteiger partial charge in [0.2, 0.25) is 5.91 Å². The van der Waals surface area contributed by atoms with Gasteiger partial charge in [0.15, 0.2) is 0 Å². The van der Waals surface area contributed by atoms with Crippen molar-refractivity contribution in [3.05, 3.63) is 75.8 Å². The van der Waals surface area contributed by atoms with Crippen molar-refractivity contribution in [1.82, 2.24) is 29.5 Å². The third-order valence-electron chi connectivity index (χ3n) is 6.79. The molecule has 1 aliphatic rings. The smallest absolute Gasteiger partial charge is 0.265 e. The van der Waals surface area contributed by atoms with Crippen molar-refractivity contribution >= 4 is 28.7 Å². The number of rotatable bonds is 7. The fourth-order valence-electron chi connectivity index (χ4n) is 4.52. The molecule has 3 aromatic heterocycles. The summed E-state index contributed by atoms with van der Waals surface area (Å²) in [7, 11) is 1.78. The van der Waals surface area contributed by atoms with Crippen molar-refractivity contribution in [2.24, 2.45) is 13.0 Å². The van der Waals surface area contributed by atoms with Gasteiger partial charge in [0.25, 0.3) is 11.5 Å². The normalized spacial score (nSPS) is 13.2. The van der Waals surface area contributed by atoms with Crippen LogP contribution in [0.3, 0.4) is 0 Å². The van der Waals surface area contributed by atoms with Gasteiger partial charge < -0.3 is 21.1 Å². The quantitative estimate of drug-likeness (QED) is 0.329. The molecule has 204 valence electrons. The summed E-state index contributed by atoms with van der Waals surface area (Å²) < 4.78 is 2.84. The molecule has 1 saturated heterocycles. The molecule has 0 saturated carbocycles. The van der Waals surface area contributed by atoms with Gasteiger partial charge in [0.1, 0.15) is 23.6 Å². The van der Waals surface area contributed by atoms with Crippen molar-refractivity contribution in [3.8, 4) is 11.1 Å². The molecule has 11 nitrogen and oxygen atoms in total. The molecule has 39 heavy (non-hydrogen) atoms. The first-order valence-electron chi connectivity index (χ1n) is 12.3. The standard InChI is InChI=1S/C27H29N7O4.CH4/c1-16-3-5-17(6-4-16)9-29-26(37)22-8-19-7-21(20-10-30-32(2)13-20)24(28)31-25(19)34(27(22)38)14-23(36)33-11-18(12-33)15-35;/h3-8,10,13,18,35H,9,11-12,14-15H2,1-2H3,(H2,28,31)(H,29,37);1H4. The molecule has 4 aromatic rings. The van der Waals surface area contributed by atoms with Crippen molar-refractivity contribution < 1.29 is 14.7 Å². The number of benzene rings is 1. The van der Waals surface area contributed by atoms with Crippen molar-refractivity contribution in [2.45, 2.75) is 27.4 Å². The highest BCUT2D eigenvalue weighted by atomic mass is 16.3. The number of amides is 2. The van der Waals surface area contributed by atoms with E-state index in [1.807, 2.05) is 31.2 Å². The lowest BCUT2D eigenvalue weighted by Gasteiger charge is -2.38. The van der Waals surface area contributed by atoms with Crippen molar-refractivity contribution in [2.75, 3.05) is 25.4 Å². The van der Waals surface area contributed by atoms with E-state index in [2.05, 4.69) is 15.4 Å². The summed E-state index contributed by atoms with van der Waals surface area (Å²) in [4.78, 5) is 45.7. The summed E-state index contributed by atoms with van der Waals surface area (Å²) in [6.07, 6.45) is 3.44. The summed E-state index contributed by atoms with van der Waals surface area (Å²) >= 11 is 0. The molecule has 0 aliphatic carbocycles. The summed E-state index contributed by atoms with van der Waals surface area (Å²) in [5, 5.41) is 16.8. The van der Waals surface area contributed by atoms with E-state index in [0.29, 0.717) is 24.0 Å². The molecule has 0 bridgehead atoms. The van der Waals surface area contributed by atoms with Gasteiger partial charge in [0.05, 0.1) is 6.20 Å². The molecule has 0 spiro atoms. The van der Waals surface area contributed by atoms with Crippen LogP contribution in [0, 0.1) is 12.8 Å². The minimum Gasteiger partial charge on any atom is -0.396 e. The SMILES string of the molecule is C.Cc1ccc(CNC(=O)c2cc3cc(-c4cnn(C)c4)c(N)nc3n(CC(=O)N3CC(CO)C3)c2=O)cc1. The van der Waals surface area contributed by atoms with Crippen LogP contribution in [0.1, 0.15) is 28.9 Å². The van der Waals surface area contributed by atoms with Gasteiger partial charge in [0, 0.05) is 61.9 Å². The molecule has 0 unspecified atom stereocenters. The second-order valence-electron chi connectivity index (χ2n) is 9.70. The van der Waals surface area contributed by atoms with Crippen molar-refractivity contribution in [3.63, 3.8) is 0 Å². The number of aryl methyl sites for hydroxylation is 2. The zero-order valence-corrected chi connectivity index (χ0v) is 21.2. The maximum Gasteiger partial charge on any atom is 0.265 e. The van der Waals surface area contributed by atoms with E-state index in [1.54, 1.807) is 35.1 Å². The van der Waals surface area contributed by atoms with Crippen LogP contribution >= 0.6 is 0 Å². The maximum absolute atomic E-state index is 13.5. The Hall–Kier alpha value is -4.51. The maximum atomic E-state index is 13.5. The topological polar surface area (TPSA) is 148 Å². The summed E-state index contributed by atoms with van der Waals surface area (Å²) in [6, 6.07) is 10.9. The Morgan fingerprint density at radius 2 is 1.90 bits per heavy atom. The van der Waals surface area contributed by atoms with Crippen LogP contribution in [0.5, 0.6) is 0 Å². The monoisotopic (exact) mass is 531 g/mol. The number of nitrogens with zero attached hydrogens (tertiary/aromatic N) is 5. The fourth-order valence-corrected chi connectivity index (χ4v) is 4.52. The molecule has 5 rings (SSSR count). The fraction of sp³-hybridized carbons (Fsp3) is 0.321. The van der Waals surface area contributed by atoms with E-state index in [-0.39, 0.29) is 56.0 Å². The minimum atomic E-state index is -0.632. The third kappa shape index (κ3) is 5.53. The molecule has 4 heterocycles. The first-order chi connectivity index (χ1) is 18.2. The molecule has 1 fully saturated rings. The van der Waals surface area contributed by atoms with Gasteiger partial charge in [-0.15, -0.1) is 0 Å². The lowest BCUT2D eigenvalue weighted by Crippen LogP contribution is -2.53. The highest BCUT2D eigenvalue weighted by Crippen LogP contribution is 2.28. The Bertz CT molecular complexity index is 1580. The Morgan fingerprint density at radius 1 is 1.18 bits per heavy atom. The van der Waals surface area contributed by atoms with Crippen LogP contribution in [0.25, 0.3) is 22.2 Å². The Labute approximate surface area is 225 Å². The number of anilines is 1. The number of aromatic nitrogens is 4. The molecule has 11 heteroatoms. The molecule has 1 aromatic carbocycles. The van der Waals surface area contributed by atoms with E-state index < -0.39 is 11.5 Å². The number of likely N-dealkylation sites (tertiary alicyclic amines) is 1. The number of nitrogens with one attached hydrogen (secondary N) is 1. The number of carbonyl (C=O) groups excluding carboxylic acids is 2. The number of aliphatic hydroxyl groups is 1. The summed E-state index contributed by atoms with van der Waals surface area (Å²) in [6.45, 7) is 2.75. The van der Waals surface area contributed by atoms with Crippen LogP contribution in [0.2, 0.25) is 0 Å². The number of aliphatic hydroxyl groups excluding tert-OH is 1. The summed E-state index contributed by atoms with van der Waals surface area (Å²) in [5.41, 5.74) is 9.07.